The van der Waals surface area contributed by atoms with Crippen LogP contribution in [0.2, 0.25) is 5.02 Å². The minimum Gasteiger partial charge on any atom is -0.375 e. The minimum absolute atomic E-state index is 0.0392. The van der Waals surface area contributed by atoms with Crippen molar-refractivity contribution in [1.82, 2.24) is 5.32 Å². The van der Waals surface area contributed by atoms with Crippen molar-refractivity contribution < 1.29 is 19.1 Å². The Hall–Kier alpha value is -2.90. The second-order valence-corrected chi connectivity index (χ2v) is 8.41. The number of methoxy groups -OCH3 is 1. The molecule has 0 aromatic heterocycles. The molecule has 0 bridgehead atoms. The maximum atomic E-state index is 12.6. The van der Waals surface area contributed by atoms with Crippen LogP contribution in [-0.2, 0) is 25.5 Å². The molecule has 0 saturated heterocycles. The molecule has 3 rings (SSSR count). The van der Waals surface area contributed by atoms with Crippen LogP contribution in [0.25, 0.3) is 0 Å². The standard InChI is InChI=1S/C24H28ClN3O4/c1-15(2)24(31)28-12-6-7-16-10-11-17(13-20(16)28)27-23(30)22(29)26-14-21(32-3)18-8-4-5-9-19(18)25/h4-5,8-11,13,15,21H,6-7,12,14H2,1-3H3,(H,26,29)(H,27,30). The third-order valence-corrected chi connectivity index (χ3v) is 5.76. The van der Waals surface area contributed by atoms with Gasteiger partial charge in [-0.3, -0.25) is 14.4 Å². The van der Waals surface area contributed by atoms with Crippen molar-refractivity contribution >= 4 is 40.7 Å². The number of nitrogens with zero attached hydrogens (tertiary/aromatic N) is 1. The van der Waals surface area contributed by atoms with E-state index in [0.717, 1.165) is 29.7 Å². The van der Waals surface area contributed by atoms with Crippen molar-refractivity contribution in [2.45, 2.75) is 32.8 Å². The average molecular weight is 458 g/mol. The maximum Gasteiger partial charge on any atom is 0.313 e. The number of ether oxygens (including phenoxy) is 1. The van der Waals surface area contributed by atoms with Crippen molar-refractivity contribution in [2.75, 3.05) is 30.4 Å². The predicted octanol–water partition coefficient (Wildman–Crippen LogP) is 3.72. The van der Waals surface area contributed by atoms with E-state index in [0.29, 0.717) is 17.3 Å². The first-order valence-electron chi connectivity index (χ1n) is 10.6. The molecule has 170 valence electrons. The van der Waals surface area contributed by atoms with Gasteiger partial charge >= 0.3 is 11.8 Å². The van der Waals surface area contributed by atoms with E-state index in [-0.39, 0.29) is 18.4 Å². The molecule has 2 aromatic carbocycles. The van der Waals surface area contributed by atoms with Crippen LogP contribution in [0.15, 0.2) is 42.5 Å². The van der Waals surface area contributed by atoms with Crippen LogP contribution in [0.3, 0.4) is 0 Å². The lowest BCUT2D eigenvalue weighted by Crippen LogP contribution is -2.39. The number of nitrogens with one attached hydrogen (secondary N) is 2. The number of hydrogen-bond acceptors (Lipinski definition) is 4. The van der Waals surface area contributed by atoms with Gasteiger partial charge in [0.05, 0.1) is 0 Å². The highest BCUT2D eigenvalue weighted by Crippen LogP contribution is 2.31. The number of aryl methyl sites for hydroxylation is 1. The van der Waals surface area contributed by atoms with E-state index in [1.165, 1.54) is 7.11 Å². The van der Waals surface area contributed by atoms with Gasteiger partial charge < -0.3 is 20.3 Å². The quantitative estimate of drug-likeness (QED) is 0.647. The van der Waals surface area contributed by atoms with Gasteiger partial charge in [0.2, 0.25) is 5.91 Å². The molecule has 1 aliphatic heterocycles. The lowest BCUT2D eigenvalue weighted by molar-refractivity contribution is -0.136. The smallest absolute Gasteiger partial charge is 0.313 e. The number of carbonyl (C=O) groups is 3. The molecule has 0 fully saturated rings. The van der Waals surface area contributed by atoms with Crippen LogP contribution >= 0.6 is 11.6 Å². The highest BCUT2D eigenvalue weighted by Gasteiger charge is 2.25. The van der Waals surface area contributed by atoms with Gasteiger partial charge in [-0.25, -0.2) is 0 Å². The molecule has 0 spiro atoms. The summed E-state index contributed by atoms with van der Waals surface area (Å²) < 4.78 is 5.41. The Balaban J connectivity index is 1.65. The van der Waals surface area contributed by atoms with Crippen molar-refractivity contribution in [3.05, 3.63) is 58.6 Å². The van der Waals surface area contributed by atoms with Crippen molar-refractivity contribution in [3.8, 4) is 0 Å². The summed E-state index contributed by atoms with van der Waals surface area (Å²) in [6, 6.07) is 12.6. The summed E-state index contributed by atoms with van der Waals surface area (Å²) in [5.41, 5.74) is 3.02. The van der Waals surface area contributed by atoms with Gasteiger partial charge in [0.15, 0.2) is 0 Å². The molecule has 8 heteroatoms. The first-order valence-corrected chi connectivity index (χ1v) is 11.0. The van der Waals surface area contributed by atoms with Gasteiger partial charge in [0.1, 0.15) is 6.10 Å². The van der Waals surface area contributed by atoms with Crippen LogP contribution in [-0.4, -0.2) is 37.9 Å². The van der Waals surface area contributed by atoms with E-state index in [4.69, 9.17) is 16.3 Å². The van der Waals surface area contributed by atoms with E-state index < -0.39 is 17.9 Å². The molecule has 32 heavy (non-hydrogen) atoms. The largest absolute Gasteiger partial charge is 0.375 e. The topological polar surface area (TPSA) is 87.7 Å². The molecule has 0 aliphatic carbocycles. The Bertz CT molecular complexity index is 1010. The highest BCUT2D eigenvalue weighted by molar-refractivity contribution is 6.39. The molecule has 2 aromatic rings. The van der Waals surface area contributed by atoms with Gasteiger partial charge in [0.25, 0.3) is 0 Å². The number of fused-ring (bicyclic) bond motifs is 1. The molecule has 3 amide bonds. The van der Waals surface area contributed by atoms with Crippen LogP contribution in [0, 0.1) is 5.92 Å². The van der Waals surface area contributed by atoms with Crippen LogP contribution in [0.1, 0.15) is 37.5 Å². The summed E-state index contributed by atoms with van der Waals surface area (Å²) in [7, 11) is 1.51. The summed E-state index contributed by atoms with van der Waals surface area (Å²) in [4.78, 5) is 39.1. The third-order valence-electron chi connectivity index (χ3n) is 5.41. The Morgan fingerprint density at radius 1 is 1.12 bits per heavy atom. The highest BCUT2D eigenvalue weighted by atomic mass is 35.5. The van der Waals surface area contributed by atoms with E-state index in [1.807, 2.05) is 26.0 Å². The molecule has 1 heterocycles. The monoisotopic (exact) mass is 457 g/mol. The summed E-state index contributed by atoms with van der Waals surface area (Å²) in [6.07, 6.45) is 1.28. The Labute approximate surface area is 193 Å². The average Bonchev–Trinajstić information content (AvgIpc) is 2.79. The first kappa shape index (κ1) is 23.8. The summed E-state index contributed by atoms with van der Waals surface area (Å²) in [6.45, 7) is 4.46. The fraction of sp³-hybridized carbons (Fsp3) is 0.375. The van der Waals surface area contributed by atoms with Gasteiger partial charge in [-0.2, -0.15) is 0 Å². The summed E-state index contributed by atoms with van der Waals surface area (Å²) >= 11 is 6.19. The molecule has 0 radical (unpaired) electrons. The van der Waals surface area contributed by atoms with E-state index in [1.54, 1.807) is 35.2 Å². The molecule has 7 nitrogen and oxygen atoms in total. The second kappa shape index (κ2) is 10.6. The van der Waals surface area contributed by atoms with Crippen LogP contribution in [0.5, 0.6) is 0 Å². The van der Waals surface area contributed by atoms with Crippen LogP contribution < -0.4 is 15.5 Å². The Morgan fingerprint density at radius 2 is 1.88 bits per heavy atom. The molecule has 1 aliphatic rings. The molecule has 2 N–H and O–H groups in total. The zero-order valence-corrected chi connectivity index (χ0v) is 19.2. The molecular formula is C24H28ClN3O4. The number of halogens is 1. The Morgan fingerprint density at radius 3 is 2.56 bits per heavy atom. The zero-order valence-electron chi connectivity index (χ0n) is 18.5. The number of benzene rings is 2. The second-order valence-electron chi connectivity index (χ2n) is 8.00. The van der Waals surface area contributed by atoms with Gasteiger partial charge in [-0.05, 0) is 36.6 Å². The summed E-state index contributed by atoms with van der Waals surface area (Å²) in [5.74, 6) is -1.67. The molecule has 1 atom stereocenters. The van der Waals surface area contributed by atoms with Crippen LogP contribution in [0.4, 0.5) is 11.4 Å². The fourth-order valence-electron chi connectivity index (χ4n) is 3.70. The number of carbonyl (C=O) groups excluding carboxylic acids is 3. The fourth-order valence-corrected chi connectivity index (χ4v) is 3.96. The summed E-state index contributed by atoms with van der Waals surface area (Å²) in [5, 5.41) is 5.72. The molecule has 0 saturated carbocycles. The number of hydrogen-bond donors (Lipinski definition) is 2. The third kappa shape index (κ3) is 5.47. The van der Waals surface area contributed by atoms with Crippen molar-refractivity contribution in [1.29, 1.82) is 0 Å². The predicted molar refractivity (Wildman–Crippen MR) is 125 cm³/mol. The Kier molecular flexibility index (Phi) is 7.88. The van der Waals surface area contributed by atoms with Crippen molar-refractivity contribution in [3.63, 3.8) is 0 Å². The zero-order chi connectivity index (χ0) is 23.3. The van der Waals surface area contributed by atoms with E-state index in [2.05, 4.69) is 10.6 Å². The normalized spacial score (nSPS) is 14.0. The lowest BCUT2D eigenvalue weighted by atomic mass is 9.99. The number of anilines is 2. The van der Waals surface area contributed by atoms with Crippen molar-refractivity contribution in [2.24, 2.45) is 5.92 Å². The van der Waals surface area contributed by atoms with E-state index in [9.17, 15) is 14.4 Å². The van der Waals surface area contributed by atoms with Gasteiger partial charge in [0, 0.05) is 48.1 Å². The number of amides is 3. The molecular weight excluding hydrogens is 430 g/mol. The minimum atomic E-state index is -0.795. The SMILES string of the molecule is COC(CNC(=O)C(=O)Nc1ccc2c(c1)N(C(=O)C(C)C)CCC2)c1ccccc1Cl. The molecule has 1 unspecified atom stereocenters. The lowest BCUT2D eigenvalue weighted by Gasteiger charge is -2.31. The first-order chi connectivity index (χ1) is 15.3. The van der Waals surface area contributed by atoms with E-state index >= 15 is 0 Å². The maximum absolute atomic E-state index is 12.6. The van der Waals surface area contributed by atoms with Gasteiger partial charge in [-0.1, -0.05) is 49.7 Å². The van der Waals surface area contributed by atoms with Gasteiger partial charge in [-0.15, -0.1) is 0 Å². The number of rotatable bonds is 6.